The lowest BCUT2D eigenvalue weighted by atomic mass is 10.0. The number of hydrogen-bond donors (Lipinski definition) is 2. The largest absolute Gasteiger partial charge is 0.352 e. The lowest BCUT2D eigenvalue weighted by Crippen LogP contribution is -2.58. The van der Waals surface area contributed by atoms with Gasteiger partial charge in [0.25, 0.3) is 0 Å². The maximum absolute atomic E-state index is 12.6. The maximum Gasteiger partial charge on any atom is 0.312 e. The van der Waals surface area contributed by atoms with Crippen LogP contribution in [-0.2, 0) is 9.59 Å². The van der Waals surface area contributed by atoms with Crippen molar-refractivity contribution in [1.29, 1.82) is 0 Å². The van der Waals surface area contributed by atoms with Crippen molar-refractivity contribution in [2.24, 2.45) is 11.7 Å². The molecule has 130 valence electrons. The van der Waals surface area contributed by atoms with Gasteiger partial charge in [-0.25, -0.2) is 4.79 Å². The standard InChI is InChI=1S/C16H21ClN4O3/c1-10(2)14(19-16(18)24)15(23)20-7-8-21(13(22)9-20)12-6-4-3-5-11(12)17/h3-6,10,14H,7-9H2,1-2H3,(H3,18,19,24). The van der Waals surface area contributed by atoms with Crippen LogP contribution in [0.3, 0.4) is 0 Å². The molecule has 0 spiro atoms. The van der Waals surface area contributed by atoms with E-state index in [-0.39, 0.29) is 24.3 Å². The molecule has 2 rings (SSSR count). The summed E-state index contributed by atoms with van der Waals surface area (Å²) in [6.07, 6.45) is 0. The van der Waals surface area contributed by atoms with Crippen LogP contribution in [-0.4, -0.2) is 48.4 Å². The summed E-state index contributed by atoms with van der Waals surface area (Å²) < 4.78 is 0. The van der Waals surface area contributed by atoms with E-state index in [1.807, 2.05) is 0 Å². The molecule has 7 nitrogen and oxygen atoms in total. The number of primary amides is 1. The molecule has 0 bridgehead atoms. The van der Waals surface area contributed by atoms with Gasteiger partial charge in [-0.1, -0.05) is 37.6 Å². The Labute approximate surface area is 145 Å². The van der Waals surface area contributed by atoms with Gasteiger partial charge in [-0.05, 0) is 18.1 Å². The minimum atomic E-state index is -0.761. The summed E-state index contributed by atoms with van der Waals surface area (Å²) in [5, 5.41) is 2.93. The molecule has 8 heteroatoms. The molecule has 4 amide bonds. The molecule has 1 atom stereocenters. The smallest absolute Gasteiger partial charge is 0.312 e. The van der Waals surface area contributed by atoms with E-state index in [1.165, 1.54) is 4.90 Å². The van der Waals surface area contributed by atoms with Gasteiger partial charge in [-0.2, -0.15) is 0 Å². The Morgan fingerprint density at radius 2 is 1.92 bits per heavy atom. The minimum Gasteiger partial charge on any atom is -0.352 e. The van der Waals surface area contributed by atoms with Crippen LogP contribution in [0.4, 0.5) is 10.5 Å². The van der Waals surface area contributed by atoms with Crippen LogP contribution in [0.2, 0.25) is 5.02 Å². The van der Waals surface area contributed by atoms with E-state index >= 15 is 0 Å². The fraction of sp³-hybridized carbons (Fsp3) is 0.438. The van der Waals surface area contributed by atoms with Crippen LogP contribution in [0.1, 0.15) is 13.8 Å². The number of halogens is 1. The first kappa shape index (κ1) is 18.1. The molecule has 1 aliphatic heterocycles. The molecule has 1 saturated heterocycles. The molecule has 1 aromatic rings. The summed E-state index contributed by atoms with van der Waals surface area (Å²) >= 11 is 6.14. The molecule has 1 fully saturated rings. The quantitative estimate of drug-likeness (QED) is 0.852. The summed E-state index contributed by atoms with van der Waals surface area (Å²) in [6.45, 7) is 4.25. The average Bonchev–Trinajstić information content (AvgIpc) is 2.52. The van der Waals surface area contributed by atoms with E-state index in [0.29, 0.717) is 23.8 Å². The van der Waals surface area contributed by atoms with Gasteiger partial charge in [0, 0.05) is 13.1 Å². The zero-order valence-electron chi connectivity index (χ0n) is 13.7. The monoisotopic (exact) mass is 352 g/mol. The van der Waals surface area contributed by atoms with Crippen LogP contribution in [0.5, 0.6) is 0 Å². The van der Waals surface area contributed by atoms with Gasteiger partial charge < -0.3 is 20.9 Å². The molecule has 0 aromatic heterocycles. The maximum atomic E-state index is 12.6. The number of nitrogens with one attached hydrogen (secondary N) is 1. The number of rotatable bonds is 4. The van der Waals surface area contributed by atoms with Crippen LogP contribution in [0, 0.1) is 5.92 Å². The highest BCUT2D eigenvalue weighted by atomic mass is 35.5. The Hall–Kier alpha value is -2.28. The number of amides is 4. The first-order valence-electron chi connectivity index (χ1n) is 7.71. The number of carbonyl (C=O) groups excluding carboxylic acids is 3. The number of anilines is 1. The van der Waals surface area contributed by atoms with Gasteiger partial charge in [-0.15, -0.1) is 0 Å². The number of para-hydroxylation sites is 1. The third-order valence-corrected chi connectivity index (χ3v) is 4.23. The second kappa shape index (κ2) is 7.53. The van der Waals surface area contributed by atoms with E-state index in [1.54, 1.807) is 43.0 Å². The highest BCUT2D eigenvalue weighted by molar-refractivity contribution is 6.33. The first-order chi connectivity index (χ1) is 11.3. The number of benzene rings is 1. The Balaban J connectivity index is 2.09. The van der Waals surface area contributed by atoms with E-state index in [0.717, 1.165) is 0 Å². The number of urea groups is 1. The average molecular weight is 353 g/mol. The molecule has 0 aliphatic carbocycles. The zero-order chi connectivity index (χ0) is 17.9. The van der Waals surface area contributed by atoms with Crippen LogP contribution in [0.25, 0.3) is 0 Å². The Bertz CT molecular complexity index is 650. The number of piperazine rings is 1. The summed E-state index contributed by atoms with van der Waals surface area (Å²) in [4.78, 5) is 39.1. The molecule has 24 heavy (non-hydrogen) atoms. The molecule has 1 heterocycles. The highest BCUT2D eigenvalue weighted by Gasteiger charge is 2.34. The molecular formula is C16H21ClN4O3. The lowest BCUT2D eigenvalue weighted by Gasteiger charge is -2.37. The van der Waals surface area contributed by atoms with Crippen molar-refractivity contribution in [3.05, 3.63) is 29.3 Å². The van der Waals surface area contributed by atoms with Gasteiger partial charge in [0.05, 0.1) is 10.7 Å². The van der Waals surface area contributed by atoms with Crippen LogP contribution in [0.15, 0.2) is 24.3 Å². The van der Waals surface area contributed by atoms with Gasteiger partial charge in [-0.3, -0.25) is 9.59 Å². The predicted octanol–water partition coefficient (Wildman–Crippen LogP) is 1.21. The van der Waals surface area contributed by atoms with Crippen molar-refractivity contribution < 1.29 is 14.4 Å². The van der Waals surface area contributed by atoms with Crippen molar-refractivity contribution in [2.45, 2.75) is 19.9 Å². The van der Waals surface area contributed by atoms with Gasteiger partial charge >= 0.3 is 6.03 Å². The Morgan fingerprint density at radius 1 is 1.25 bits per heavy atom. The van der Waals surface area contributed by atoms with Gasteiger partial charge in [0.1, 0.15) is 12.6 Å². The fourth-order valence-electron chi connectivity index (χ4n) is 2.65. The predicted molar refractivity (Wildman–Crippen MR) is 91.7 cm³/mol. The van der Waals surface area contributed by atoms with E-state index in [9.17, 15) is 14.4 Å². The lowest BCUT2D eigenvalue weighted by molar-refractivity contribution is -0.139. The second-order valence-electron chi connectivity index (χ2n) is 5.99. The number of hydrogen-bond acceptors (Lipinski definition) is 3. The molecule has 1 aromatic carbocycles. The third kappa shape index (κ3) is 3.97. The van der Waals surface area contributed by atoms with Crippen molar-refractivity contribution in [3.8, 4) is 0 Å². The summed E-state index contributed by atoms with van der Waals surface area (Å²) in [7, 11) is 0. The number of nitrogens with zero attached hydrogens (tertiary/aromatic N) is 2. The summed E-state index contributed by atoms with van der Waals surface area (Å²) in [5.74, 6) is -0.665. The van der Waals surface area contributed by atoms with Crippen molar-refractivity contribution in [1.82, 2.24) is 10.2 Å². The molecule has 3 N–H and O–H groups in total. The van der Waals surface area contributed by atoms with E-state index in [4.69, 9.17) is 17.3 Å². The number of carbonyl (C=O) groups is 3. The Morgan fingerprint density at radius 3 is 2.46 bits per heavy atom. The van der Waals surface area contributed by atoms with Crippen molar-refractivity contribution in [2.75, 3.05) is 24.5 Å². The zero-order valence-corrected chi connectivity index (χ0v) is 14.4. The van der Waals surface area contributed by atoms with E-state index < -0.39 is 12.1 Å². The van der Waals surface area contributed by atoms with Crippen molar-refractivity contribution in [3.63, 3.8) is 0 Å². The third-order valence-electron chi connectivity index (χ3n) is 3.91. The van der Waals surface area contributed by atoms with Gasteiger partial charge in [0.15, 0.2) is 0 Å². The van der Waals surface area contributed by atoms with Crippen LogP contribution < -0.4 is 16.0 Å². The van der Waals surface area contributed by atoms with Crippen LogP contribution >= 0.6 is 11.6 Å². The highest BCUT2D eigenvalue weighted by Crippen LogP contribution is 2.26. The first-order valence-corrected chi connectivity index (χ1v) is 8.08. The topological polar surface area (TPSA) is 95.7 Å². The van der Waals surface area contributed by atoms with Crippen molar-refractivity contribution >= 4 is 35.1 Å². The molecule has 1 unspecified atom stereocenters. The number of nitrogens with two attached hydrogens (primary N) is 1. The summed E-state index contributed by atoms with van der Waals surface area (Å²) in [5.41, 5.74) is 5.76. The van der Waals surface area contributed by atoms with Gasteiger partial charge in [0.2, 0.25) is 11.8 Å². The second-order valence-corrected chi connectivity index (χ2v) is 6.39. The molecule has 0 radical (unpaired) electrons. The normalized spacial score (nSPS) is 16.2. The molecule has 0 saturated carbocycles. The SMILES string of the molecule is CC(C)C(NC(N)=O)C(=O)N1CCN(c2ccccc2Cl)C(=O)C1. The summed E-state index contributed by atoms with van der Waals surface area (Å²) in [6, 6.07) is 5.57. The van der Waals surface area contributed by atoms with E-state index in [2.05, 4.69) is 5.32 Å². The fourth-order valence-corrected chi connectivity index (χ4v) is 2.89. The molecule has 1 aliphatic rings. The minimum absolute atomic E-state index is 0.0618. The molecular weight excluding hydrogens is 332 g/mol. The Kier molecular flexibility index (Phi) is 5.66.